The van der Waals surface area contributed by atoms with Crippen molar-refractivity contribution in [3.05, 3.63) is 65.9 Å². The highest BCUT2D eigenvalue weighted by atomic mass is 31.0. The van der Waals surface area contributed by atoms with E-state index in [-0.39, 0.29) is 17.2 Å². The van der Waals surface area contributed by atoms with Gasteiger partial charge in [-0.1, -0.05) is 36.4 Å². The van der Waals surface area contributed by atoms with Crippen LogP contribution in [0, 0.1) is 10.8 Å². The number of rotatable bonds is 3. The summed E-state index contributed by atoms with van der Waals surface area (Å²) < 4.78 is 1.22. The molecule has 1 atom stereocenters. The lowest BCUT2D eigenvalue weighted by Crippen LogP contribution is -2.32. The molecule has 0 aliphatic heterocycles. The quantitative estimate of drug-likeness (QED) is 0.385. The second kappa shape index (κ2) is 6.72. The van der Waals surface area contributed by atoms with E-state index >= 15 is 0 Å². The Kier molecular flexibility index (Phi) is 4.49. The SMILES string of the molecule is N=C(Cc1ccc(O)cc1)n1nc(-c2ccc(P)cc2)cnc1=N. The molecule has 120 valence electrons. The number of aromatic hydroxyl groups is 1. The molecule has 1 heterocycles. The average Bonchev–Trinajstić information content (AvgIpc) is 2.58. The predicted molar refractivity (Wildman–Crippen MR) is 95.6 cm³/mol. The van der Waals surface area contributed by atoms with Crippen molar-refractivity contribution in [2.75, 3.05) is 0 Å². The number of phenolic OH excluding ortho intramolecular Hbond substituents is 1. The molecule has 3 N–H and O–H groups in total. The van der Waals surface area contributed by atoms with Crippen molar-refractivity contribution in [1.82, 2.24) is 14.8 Å². The highest BCUT2D eigenvalue weighted by molar-refractivity contribution is 7.27. The van der Waals surface area contributed by atoms with Gasteiger partial charge in [0, 0.05) is 12.0 Å². The van der Waals surface area contributed by atoms with E-state index in [1.807, 2.05) is 24.3 Å². The molecule has 0 aliphatic carbocycles. The first-order chi connectivity index (χ1) is 11.5. The molecule has 24 heavy (non-hydrogen) atoms. The normalized spacial score (nSPS) is 10.5. The lowest BCUT2D eigenvalue weighted by Gasteiger charge is -2.09. The number of aromatic nitrogens is 3. The number of benzene rings is 2. The fourth-order valence-electron chi connectivity index (χ4n) is 2.21. The van der Waals surface area contributed by atoms with Gasteiger partial charge in [-0.25, -0.2) is 4.98 Å². The van der Waals surface area contributed by atoms with Crippen molar-refractivity contribution >= 4 is 20.4 Å². The molecular formula is C17H16N5OP. The van der Waals surface area contributed by atoms with Gasteiger partial charge in [-0.2, -0.15) is 9.78 Å². The summed E-state index contributed by atoms with van der Waals surface area (Å²) in [5.74, 6) is 0.321. The van der Waals surface area contributed by atoms with Gasteiger partial charge in [0.25, 0.3) is 0 Å². The average molecular weight is 337 g/mol. The zero-order chi connectivity index (χ0) is 17.1. The molecule has 0 fully saturated rings. The van der Waals surface area contributed by atoms with Crippen LogP contribution >= 0.6 is 9.24 Å². The van der Waals surface area contributed by atoms with Gasteiger partial charge < -0.3 is 5.11 Å². The van der Waals surface area contributed by atoms with Crippen LogP contribution in [0.5, 0.6) is 5.75 Å². The predicted octanol–water partition coefficient (Wildman–Crippen LogP) is 1.70. The maximum Gasteiger partial charge on any atom is 0.244 e. The Balaban J connectivity index is 1.91. The van der Waals surface area contributed by atoms with Crippen LogP contribution in [0.3, 0.4) is 0 Å². The lowest BCUT2D eigenvalue weighted by molar-refractivity contribution is 0.475. The first kappa shape index (κ1) is 16.0. The second-order valence-electron chi connectivity index (χ2n) is 5.29. The van der Waals surface area contributed by atoms with E-state index in [1.54, 1.807) is 24.3 Å². The molecular weight excluding hydrogens is 321 g/mol. The van der Waals surface area contributed by atoms with Gasteiger partial charge in [-0.05, 0) is 23.0 Å². The van der Waals surface area contributed by atoms with Crippen LogP contribution in [0.2, 0.25) is 0 Å². The third kappa shape index (κ3) is 3.55. The maximum atomic E-state index is 9.32. The summed E-state index contributed by atoms with van der Waals surface area (Å²) in [7, 11) is 2.62. The molecule has 1 aromatic heterocycles. The Morgan fingerprint density at radius 3 is 2.42 bits per heavy atom. The van der Waals surface area contributed by atoms with E-state index < -0.39 is 0 Å². The molecule has 0 spiro atoms. The minimum atomic E-state index is -0.0924. The van der Waals surface area contributed by atoms with Crippen molar-refractivity contribution < 1.29 is 5.11 Å². The molecule has 1 unspecified atom stereocenters. The summed E-state index contributed by atoms with van der Waals surface area (Å²) >= 11 is 0. The summed E-state index contributed by atoms with van der Waals surface area (Å²) in [6, 6.07) is 14.4. The van der Waals surface area contributed by atoms with Crippen LogP contribution in [0.1, 0.15) is 5.56 Å². The molecule has 2 aromatic carbocycles. The van der Waals surface area contributed by atoms with E-state index in [4.69, 9.17) is 10.8 Å². The number of phenols is 1. The Morgan fingerprint density at radius 1 is 1.08 bits per heavy atom. The summed E-state index contributed by atoms with van der Waals surface area (Å²) in [4.78, 5) is 4.04. The van der Waals surface area contributed by atoms with Crippen LogP contribution in [0.4, 0.5) is 0 Å². The molecule has 6 nitrogen and oxygen atoms in total. The summed E-state index contributed by atoms with van der Waals surface area (Å²) in [6.45, 7) is 0. The topological polar surface area (TPSA) is 98.6 Å². The molecule has 0 bridgehead atoms. The zero-order valence-electron chi connectivity index (χ0n) is 12.8. The van der Waals surface area contributed by atoms with Gasteiger partial charge in [0.05, 0.1) is 6.20 Å². The fraction of sp³-hybridized carbons (Fsp3) is 0.0588. The molecule has 0 saturated heterocycles. The zero-order valence-corrected chi connectivity index (χ0v) is 13.9. The Hall–Kier alpha value is -2.85. The van der Waals surface area contributed by atoms with Gasteiger partial charge in [0.1, 0.15) is 17.3 Å². The van der Waals surface area contributed by atoms with Gasteiger partial charge in [-0.15, -0.1) is 9.24 Å². The van der Waals surface area contributed by atoms with Crippen molar-refractivity contribution in [3.8, 4) is 17.0 Å². The third-order valence-electron chi connectivity index (χ3n) is 3.49. The molecule has 3 aromatic rings. The van der Waals surface area contributed by atoms with Gasteiger partial charge in [0.15, 0.2) is 0 Å². The number of hydrogen-bond acceptors (Lipinski definition) is 5. The number of nitrogens with one attached hydrogen (secondary N) is 2. The second-order valence-corrected chi connectivity index (χ2v) is 5.96. The summed E-state index contributed by atoms with van der Waals surface area (Å²) in [5.41, 5.74) is 2.24. The van der Waals surface area contributed by atoms with Gasteiger partial charge in [-0.3, -0.25) is 10.8 Å². The van der Waals surface area contributed by atoms with Crippen molar-refractivity contribution in [2.24, 2.45) is 0 Å². The van der Waals surface area contributed by atoms with Crippen LogP contribution < -0.4 is 10.9 Å². The molecule has 0 saturated carbocycles. The number of hydrogen-bond donors (Lipinski definition) is 3. The van der Waals surface area contributed by atoms with Crippen molar-refractivity contribution in [3.63, 3.8) is 0 Å². The Bertz CT molecular complexity index is 932. The minimum Gasteiger partial charge on any atom is -0.508 e. The Morgan fingerprint density at radius 2 is 1.75 bits per heavy atom. The molecule has 7 heteroatoms. The smallest absolute Gasteiger partial charge is 0.244 e. The highest BCUT2D eigenvalue weighted by Crippen LogP contribution is 2.14. The minimum absolute atomic E-state index is 0.0924. The summed E-state index contributed by atoms with van der Waals surface area (Å²) in [6.07, 6.45) is 1.82. The first-order valence-corrected chi connectivity index (χ1v) is 7.83. The largest absolute Gasteiger partial charge is 0.508 e. The monoisotopic (exact) mass is 337 g/mol. The first-order valence-electron chi connectivity index (χ1n) is 7.25. The van der Waals surface area contributed by atoms with Crippen LogP contribution in [-0.2, 0) is 6.42 Å². The third-order valence-corrected chi connectivity index (χ3v) is 3.87. The van der Waals surface area contributed by atoms with Crippen LogP contribution in [-0.4, -0.2) is 25.7 Å². The molecule has 3 rings (SSSR count). The van der Waals surface area contributed by atoms with E-state index in [2.05, 4.69) is 19.3 Å². The molecule has 0 amide bonds. The van der Waals surface area contributed by atoms with E-state index in [1.165, 1.54) is 10.9 Å². The van der Waals surface area contributed by atoms with Crippen molar-refractivity contribution in [1.29, 1.82) is 10.8 Å². The maximum absolute atomic E-state index is 9.32. The standard InChI is InChI=1S/C17H16N5OP/c18-16(9-11-1-5-13(23)6-2-11)22-17(19)20-10-15(21-22)12-3-7-14(24)8-4-12/h1-8,10,18-19,23H,9,24H2. The fourth-order valence-corrected chi connectivity index (χ4v) is 2.41. The van der Waals surface area contributed by atoms with E-state index in [0.29, 0.717) is 12.1 Å². The number of nitrogens with zero attached hydrogens (tertiary/aromatic N) is 3. The molecule has 0 aliphatic rings. The van der Waals surface area contributed by atoms with E-state index in [9.17, 15) is 5.11 Å². The lowest BCUT2D eigenvalue weighted by atomic mass is 10.1. The van der Waals surface area contributed by atoms with Gasteiger partial charge >= 0.3 is 0 Å². The van der Waals surface area contributed by atoms with Gasteiger partial charge in [0.2, 0.25) is 5.62 Å². The highest BCUT2D eigenvalue weighted by Gasteiger charge is 2.08. The Labute approximate surface area is 141 Å². The summed E-state index contributed by atoms with van der Waals surface area (Å²) in [5, 5.41) is 30.9. The van der Waals surface area contributed by atoms with Crippen LogP contribution in [0.15, 0.2) is 54.7 Å². The van der Waals surface area contributed by atoms with Crippen LogP contribution in [0.25, 0.3) is 11.3 Å². The van der Waals surface area contributed by atoms with Crippen molar-refractivity contribution in [2.45, 2.75) is 6.42 Å². The molecule has 0 radical (unpaired) electrons. The van der Waals surface area contributed by atoms with E-state index in [0.717, 1.165) is 16.4 Å².